The van der Waals surface area contributed by atoms with Gasteiger partial charge in [0, 0.05) is 16.9 Å². The normalized spacial score (nSPS) is 25.5. The van der Waals surface area contributed by atoms with Crippen LogP contribution in [0.4, 0.5) is 0 Å². The summed E-state index contributed by atoms with van der Waals surface area (Å²) in [5.41, 5.74) is 2.36. The molecule has 4 nitrogen and oxygen atoms in total. The molecule has 3 N–H and O–H groups in total. The third-order valence-electron chi connectivity index (χ3n) is 7.61. The highest BCUT2D eigenvalue weighted by Gasteiger charge is 2.38. The first kappa shape index (κ1) is 23.7. The van der Waals surface area contributed by atoms with Crippen LogP contribution in [0, 0.1) is 11.3 Å². The standard InChI is InChI=1S/C27H41NO3/c1-5-6-7-8-13-27(14-9-10-15-27)20-17-23(29)25(24(30)18-20)19-11-12-21(26(2,3)4)22(16-19)28-31/h8,13,17-19,21,29-31H,5-7,9-12,14-16H2,1-4H3/b13-8-,28-22?/t19-,21-/m0/s1. The van der Waals surface area contributed by atoms with E-state index in [0.29, 0.717) is 12.0 Å². The van der Waals surface area contributed by atoms with Crippen molar-refractivity contribution >= 4 is 5.71 Å². The summed E-state index contributed by atoms with van der Waals surface area (Å²) in [6.07, 6.45) is 14.9. The minimum atomic E-state index is -0.0805. The topological polar surface area (TPSA) is 73.1 Å². The first-order chi connectivity index (χ1) is 14.7. The summed E-state index contributed by atoms with van der Waals surface area (Å²) in [5, 5.41) is 35.3. The first-order valence-corrected chi connectivity index (χ1v) is 12.2. The number of allylic oxidation sites excluding steroid dienone is 2. The molecule has 0 spiro atoms. The molecule has 2 saturated carbocycles. The van der Waals surface area contributed by atoms with Crippen LogP contribution in [0.15, 0.2) is 29.4 Å². The van der Waals surface area contributed by atoms with E-state index in [2.05, 4.69) is 45.0 Å². The number of hydrogen-bond donors (Lipinski definition) is 3. The Morgan fingerprint density at radius 1 is 1.10 bits per heavy atom. The molecule has 0 unspecified atom stereocenters. The maximum atomic E-state index is 11.0. The molecule has 0 heterocycles. The van der Waals surface area contributed by atoms with E-state index in [1.807, 2.05) is 12.1 Å². The highest BCUT2D eigenvalue weighted by atomic mass is 16.4. The fraction of sp³-hybridized carbons (Fsp3) is 0.667. The molecule has 0 saturated heterocycles. The number of nitrogens with zero attached hydrogens (tertiary/aromatic N) is 1. The quantitative estimate of drug-likeness (QED) is 0.191. The van der Waals surface area contributed by atoms with E-state index < -0.39 is 0 Å². The molecule has 31 heavy (non-hydrogen) atoms. The summed E-state index contributed by atoms with van der Waals surface area (Å²) >= 11 is 0. The van der Waals surface area contributed by atoms with E-state index in [4.69, 9.17) is 0 Å². The minimum absolute atomic E-state index is 0.0272. The SMILES string of the molecule is CCCC/C=C\C1(c2cc(O)c([C@H]3CC[C@H](C(C)(C)C)C(=NO)C3)c(O)c2)CCCC1. The zero-order valence-corrected chi connectivity index (χ0v) is 19.8. The molecule has 2 atom stereocenters. The maximum absolute atomic E-state index is 11.0. The Kier molecular flexibility index (Phi) is 7.39. The van der Waals surface area contributed by atoms with Crippen molar-refractivity contribution in [3.63, 3.8) is 0 Å². The number of benzene rings is 1. The number of phenolic OH excluding ortho intramolecular Hbond substituents is 2. The van der Waals surface area contributed by atoms with Gasteiger partial charge in [0.1, 0.15) is 11.5 Å². The van der Waals surface area contributed by atoms with E-state index in [0.717, 1.165) is 43.4 Å². The van der Waals surface area contributed by atoms with Gasteiger partial charge in [-0.1, -0.05) is 70.7 Å². The van der Waals surface area contributed by atoms with Crippen LogP contribution in [0.3, 0.4) is 0 Å². The van der Waals surface area contributed by atoms with Gasteiger partial charge in [-0.15, -0.1) is 0 Å². The molecule has 0 bridgehead atoms. The number of oxime groups is 1. The second-order valence-electron chi connectivity index (χ2n) is 10.8. The highest BCUT2D eigenvalue weighted by molar-refractivity contribution is 5.88. The molecule has 2 aliphatic rings. The van der Waals surface area contributed by atoms with Gasteiger partial charge in [-0.2, -0.15) is 0 Å². The first-order valence-electron chi connectivity index (χ1n) is 12.2. The van der Waals surface area contributed by atoms with Crippen molar-refractivity contribution in [2.24, 2.45) is 16.5 Å². The molecule has 0 aromatic heterocycles. The smallest absolute Gasteiger partial charge is 0.123 e. The summed E-state index contributed by atoms with van der Waals surface area (Å²) in [4.78, 5) is 0. The van der Waals surface area contributed by atoms with Crippen molar-refractivity contribution in [1.82, 2.24) is 0 Å². The zero-order chi connectivity index (χ0) is 22.6. The third-order valence-corrected chi connectivity index (χ3v) is 7.61. The van der Waals surface area contributed by atoms with Crippen LogP contribution >= 0.6 is 0 Å². The number of rotatable bonds is 6. The van der Waals surface area contributed by atoms with Crippen LogP contribution in [0.2, 0.25) is 0 Å². The molecule has 1 aromatic carbocycles. The van der Waals surface area contributed by atoms with Crippen LogP contribution in [0.5, 0.6) is 11.5 Å². The largest absolute Gasteiger partial charge is 0.508 e. The molecule has 3 rings (SSSR count). The number of aromatic hydroxyl groups is 2. The van der Waals surface area contributed by atoms with Gasteiger partial charge in [0.05, 0.1) is 5.71 Å². The molecule has 4 heteroatoms. The molecule has 0 radical (unpaired) electrons. The predicted molar refractivity (Wildman–Crippen MR) is 127 cm³/mol. The zero-order valence-electron chi connectivity index (χ0n) is 19.8. The Labute approximate surface area is 188 Å². The fourth-order valence-electron chi connectivity index (χ4n) is 5.84. The molecule has 172 valence electrons. The van der Waals surface area contributed by atoms with Crippen molar-refractivity contribution in [3.05, 3.63) is 35.4 Å². The maximum Gasteiger partial charge on any atom is 0.123 e. The van der Waals surface area contributed by atoms with Gasteiger partial charge in [-0.3, -0.25) is 0 Å². The third kappa shape index (κ3) is 5.10. The molecular formula is C27H41NO3. The van der Waals surface area contributed by atoms with Gasteiger partial charge in [0.15, 0.2) is 0 Å². The van der Waals surface area contributed by atoms with Gasteiger partial charge in [-0.05, 0) is 67.6 Å². The van der Waals surface area contributed by atoms with E-state index >= 15 is 0 Å². The molecule has 2 aliphatic carbocycles. The summed E-state index contributed by atoms with van der Waals surface area (Å²) < 4.78 is 0. The molecule has 0 aliphatic heterocycles. The van der Waals surface area contributed by atoms with Crippen LogP contribution in [-0.4, -0.2) is 21.1 Å². The molecule has 0 amide bonds. The van der Waals surface area contributed by atoms with Crippen LogP contribution in [0.1, 0.15) is 109 Å². The predicted octanol–water partition coefficient (Wildman–Crippen LogP) is 7.42. The van der Waals surface area contributed by atoms with Gasteiger partial charge in [-0.25, -0.2) is 0 Å². The molecular weight excluding hydrogens is 386 g/mol. The van der Waals surface area contributed by atoms with Crippen LogP contribution in [0.25, 0.3) is 0 Å². The van der Waals surface area contributed by atoms with E-state index in [9.17, 15) is 15.4 Å². The Morgan fingerprint density at radius 3 is 2.29 bits per heavy atom. The van der Waals surface area contributed by atoms with Gasteiger partial charge >= 0.3 is 0 Å². The van der Waals surface area contributed by atoms with Crippen LogP contribution < -0.4 is 0 Å². The number of phenols is 2. The summed E-state index contributed by atoms with van der Waals surface area (Å²) in [6.45, 7) is 8.71. The van der Waals surface area contributed by atoms with Crippen LogP contribution in [-0.2, 0) is 5.41 Å². The van der Waals surface area contributed by atoms with E-state index in [-0.39, 0.29) is 34.2 Å². The van der Waals surface area contributed by atoms with Crippen molar-refractivity contribution in [2.45, 2.75) is 103 Å². The lowest BCUT2D eigenvalue weighted by Gasteiger charge is -2.38. The monoisotopic (exact) mass is 427 g/mol. The highest BCUT2D eigenvalue weighted by Crippen LogP contribution is 2.50. The van der Waals surface area contributed by atoms with Crippen molar-refractivity contribution in [3.8, 4) is 11.5 Å². The lowest BCUT2D eigenvalue weighted by atomic mass is 9.67. The van der Waals surface area contributed by atoms with Crippen molar-refractivity contribution < 1.29 is 15.4 Å². The minimum Gasteiger partial charge on any atom is -0.508 e. The lowest BCUT2D eigenvalue weighted by molar-refractivity contribution is 0.245. The summed E-state index contributed by atoms with van der Waals surface area (Å²) in [5.74, 6) is 0.546. The van der Waals surface area contributed by atoms with E-state index in [1.165, 1.54) is 25.7 Å². The average Bonchev–Trinajstić information content (AvgIpc) is 3.20. The Balaban J connectivity index is 1.88. The Hall–Kier alpha value is -1.97. The van der Waals surface area contributed by atoms with Gasteiger partial charge in [0.25, 0.3) is 0 Å². The van der Waals surface area contributed by atoms with Crippen molar-refractivity contribution in [2.75, 3.05) is 0 Å². The van der Waals surface area contributed by atoms with Gasteiger partial charge in [0.2, 0.25) is 0 Å². The van der Waals surface area contributed by atoms with Gasteiger partial charge < -0.3 is 15.4 Å². The number of hydrogen-bond acceptors (Lipinski definition) is 4. The second kappa shape index (κ2) is 9.67. The summed E-state index contributed by atoms with van der Waals surface area (Å²) in [7, 11) is 0. The Morgan fingerprint density at radius 2 is 1.74 bits per heavy atom. The van der Waals surface area contributed by atoms with Crippen molar-refractivity contribution in [1.29, 1.82) is 0 Å². The van der Waals surface area contributed by atoms with E-state index in [1.54, 1.807) is 0 Å². The fourth-order valence-corrected chi connectivity index (χ4v) is 5.84. The lowest BCUT2D eigenvalue weighted by Crippen LogP contribution is -2.33. The molecule has 1 aromatic rings. The summed E-state index contributed by atoms with van der Waals surface area (Å²) in [6, 6.07) is 3.77. The average molecular weight is 428 g/mol. The molecule has 2 fully saturated rings. The number of unbranched alkanes of at least 4 members (excludes halogenated alkanes) is 2. The Bertz CT molecular complexity index is 789. The second-order valence-corrected chi connectivity index (χ2v) is 10.8.